The van der Waals surface area contributed by atoms with Crippen LogP contribution in [-0.2, 0) is 16.2 Å². The van der Waals surface area contributed by atoms with Crippen molar-refractivity contribution in [3.63, 3.8) is 0 Å². The summed E-state index contributed by atoms with van der Waals surface area (Å²) < 4.78 is 0. The van der Waals surface area contributed by atoms with Crippen LogP contribution in [0.25, 0.3) is 36.5 Å². The normalized spacial score (nSPS) is 14.4. The van der Waals surface area contributed by atoms with Crippen LogP contribution < -0.4 is 19.6 Å². The Morgan fingerprint density at radius 1 is 0.209 bits per heavy atom. The second-order valence-electron chi connectivity index (χ2n) is 25.9. The molecule has 12 aromatic rings. The Hall–Kier alpha value is -10.9. The third-order valence-electron chi connectivity index (χ3n) is 19.1. The molecule has 0 unspecified atom stereocenters. The number of hydrogen-bond acceptors (Lipinski definition) is 4. The Kier molecular flexibility index (Phi) is 14.2. The first-order valence-electron chi connectivity index (χ1n) is 31.8. The molecule has 0 fully saturated rings. The molecular weight excluding hydrogens is 1100 g/mol. The molecule has 4 heteroatoms. The Labute approximate surface area is 536 Å². The van der Waals surface area contributed by atoms with Gasteiger partial charge in [0.05, 0.1) is 17.1 Å². The summed E-state index contributed by atoms with van der Waals surface area (Å²) in [5.41, 5.74) is 28.0. The molecule has 0 spiro atoms. The molecule has 12 aromatic carbocycles. The molecule has 4 nitrogen and oxygen atoms in total. The Bertz CT molecular complexity index is 4040. The first kappa shape index (κ1) is 56.6. The van der Waals surface area contributed by atoms with Crippen molar-refractivity contribution < 1.29 is 0 Å². The molecule has 0 N–H and O–H groups in total. The van der Waals surface area contributed by atoms with E-state index in [0.29, 0.717) is 0 Å². The van der Waals surface area contributed by atoms with E-state index in [1.807, 2.05) is 0 Å². The Morgan fingerprint density at radius 3 is 0.560 bits per heavy atom. The van der Waals surface area contributed by atoms with E-state index in [1.165, 1.54) is 67.1 Å². The van der Waals surface area contributed by atoms with Gasteiger partial charge in [0.1, 0.15) is 0 Å². The Balaban J connectivity index is 0.828. The highest BCUT2D eigenvalue weighted by atomic mass is 15.2. The summed E-state index contributed by atoms with van der Waals surface area (Å²) in [4.78, 5) is 9.64. The lowest BCUT2D eigenvalue weighted by Gasteiger charge is -2.55. The van der Waals surface area contributed by atoms with Gasteiger partial charge in [-0.3, -0.25) is 0 Å². The van der Waals surface area contributed by atoms with Gasteiger partial charge in [0.15, 0.2) is 0 Å². The van der Waals surface area contributed by atoms with Gasteiger partial charge in [0, 0.05) is 67.4 Å². The van der Waals surface area contributed by atoms with Gasteiger partial charge in [0.2, 0.25) is 0 Å². The van der Waals surface area contributed by atoms with Crippen LogP contribution in [0.2, 0.25) is 0 Å². The zero-order chi connectivity index (χ0) is 61.8. The molecule has 0 bridgehead atoms. The van der Waals surface area contributed by atoms with Crippen molar-refractivity contribution in [3.05, 3.63) is 358 Å². The highest BCUT2D eigenvalue weighted by Crippen LogP contribution is 2.67. The summed E-state index contributed by atoms with van der Waals surface area (Å²) in [5.74, 6) is 0. The minimum Gasteiger partial charge on any atom is -0.311 e. The van der Waals surface area contributed by atoms with Crippen LogP contribution in [0.4, 0.5) is 68.2 Å². The fourth-order valence-electron chi connectivity index (χ4n) is 14.2. The number of para-hydroxylation sites is 6. The summed E-state index contributed by atoms with van der Waals surface area (Å²) in [7, 11) is 0. The quantitative estimate of drug-likeness (QED) is 0.0949. The minimum atomic E-state index is -0.350. The van der Waals surface area contributed by atoms with E-state index < -0.39 is 0 Å². The SMILES string of the molecule is CC1(C)c2cc(/C=C/c3ccc(N(c4ccccc4)c4ccccc4)cc3)cc3c2N2c4c1cc(/C=C/c1ccc(N(c5ccccc5)c5ccccc5)cc1)cc4C(C)(C)c1cc(/C=C/c4ccc(N(c5ccccc5)c5ccccc5)cc4)cc(c12)C3(C)C. The van der Waals surface area contributed by atoms with Gasteiger partial charge in [-0.25, -0.2) is 0 Å². The first-order valence-corrected chi connectivity index (χ1v) is 31.8. The first-order chi connectivity index (χ1) is 44.4. The molecule has 0 saturated heterocycles. The molecule has 3 aliphatic heterocycles. The monoisotopic (exact) mass is 1170 g/mol. The van der Waals surface area contributed by atoms with E-state index in [1.54, 1.807) is 0 Å². The summed E-state index contributed by atoms with van der Waals surface area (Å²) in [6.45, 7) is 14.7. The lowest BCUT2D eigenvalue weighted by Crippen LogP contribution is -2.43. The van der Waals surface area contributed by atoms with Gasteiger partial charge >= 0.3 is 0 Å². The van der Waals surface area contributed by atoms with E-state index >= 15 is 0 Å². The fourth-order valence-corrected chi connectivity index (χ4v) is 14.2. The summed E-state index contributed by atoms with van der Waals surface area (Å²) in [6, 6.07) is 106. The molecule has 0 atom stereocenters. The van der Waals surface area contributed by atoms with E-state index in [2.05, 4.69) is 389 Å². The van der Waals surface area contributed by atoms with Gasteiger partial charge in [0.25, 0.3) is 0 Å². The van der Waals surface area contributed by atoms with Gasteiger partial charge in [-0.2, -0.15) is 0 Å². The second-order valence-corrected chi connectivity index (χ2v) is 25.9. The van der Waals surface area contributed by atoms with Crippen LogP contribution in [0.5, 0.6) is 0 Å². The van der Waals surface area contributed by atoms with Crippen LogP contribution in [0.15, 0.2) is 291 Å². The van der Waals surface area contributed by atoms with Gasteiger partial charge < -0.3 is 19.6 Å². The van der Waals surface area contributed by atoms with Gasteiger partial charge in [-0.05, 0) is 212 Å². The Morgan fingerprint density at radius 2 is 0.374 bits per heavy atom. The zero-order valence-electron chi connectivity index (χ0n) is 52.5. The lowest BCUT2D eigenvalue weighted by molar-refractivity contribution is 0.566. The minimum absolute atomic E-state index is 0.350. The van der Waals surface area contributed by atoms with E-state index in [4.69, 9.17) is 0 Å². The summed E-state index contributed by atoms with van der Waals surface area (Å²) in [5, 5.41) is 0. The van der Waals surface area contributed by atoms with Crippen molar-refractivity contribution in [2.75, 3.05) is 19.6 Å². The molecule has 0 aromatic heterocycles. The topological polar surface area (TPSA) is 13.0 Å². The molecular formula is C87H72N4. The van der Waals surface area contributed by atoms with Crippen LogP contribution in [0.3, 0.4) is 0 Å². The predicted octanol–water partition coefficient (Wildman–Crippen LogP) is 24.0. The molecule has 91 heavy (non-hydrogen) atoms. The molecule has 0 aliphatic carbocycles. The third-order valence-corrected chi connectivity index (χ3v) is 19.1. The van der Waals surface area contributed by atoms with Crippen LogP contribution in [-0.4, -0.2) is 0 Å². The number of nitrogens with zero attached hydrogens (tertiary/aromatic N) is 4. The van der Waals surface area contributed by atoms with Gasteiger partial charge in [-0.15, -0.1) is 0 Å². The van der Waals surface area contributed by atoms with Crippen LogP contribution >= 0.6 is 0 Å². The number of anilines is 12. The number of rotatable bonds is 15. The average Bonchev–Trinajstić information content (AvgIpc) is 0.681. The molecule has 0 amide bonds. The molecule has 3 aliphatic rings. The maximum Gasteiger partial charge on any atom is 0.0544 e. The van der Waals surface area contributed by atoms with Crippen LogP contribution in [0.1, 0.15) is 108 Å². The van der Waals surface area contributed by atoms with Crippen molar-refractivity contribution in [1.82, 2.24) is 0 Å². The maximum atomic E-state index is 2.69. The lowest BCUT2D eigenvalue weighted by atomic mass is 9.60. The zero-order valence-corrected chi connectivity index (χ0v) is 52.5. The molecule has 0 radical (unpaired) electrons. The van der Waals surface area contributed by atoms with Gasteiger partial charge in [-0.1, -0.05) is 224 Å². The smallest absolute Gasteiger partial charge is 0.0544 e. The predicted molar refractivity (Wildman–Crippen MR) is 388 cm³/mol. The number of hydrogen-bond donors (Lipinski definition) is 0. The highest BCUT2D eigenvalue weighted by Gasteiger charge is 2.52. The molecule has 440 valence electrons. The maximum absolute atomic E-state index is 2.69. The van der Waals surface area contributed by atoms with Crippen molar-refractivity contribution >= 4 is 105 Å². The highest BCUT2D eigenvalue weighted by molar-refractivity contribution is 6.00. The van der Waals surface area contributed by atoms with Crippen LogP contribution in [0, 0.1) is 0 Å². The average molecular weight is 1170 g/mol. The van der Waals surface area contributed by atoms with Crippen molar-refractivity contribution in [2.24, 2.45) is 0 Å². The van der Waals surface area contributed by atoms with Crippen molar-refractivity contribution in [3.8, 4) is 0 Å². The van der Waals surface area contributed by atoms with E-state index in [0.717, 1.165) is 67.9 Å². The molecule has 3 heterocycles. The van der Waals surface area contributed by atoms with E-state index in [-0.39, 0.29) is 16.2 Å². The standard InChI is InChI=1S/C87H72N4/c1-85(2)76-55-64(40-37-61-43-49-73(50-44-61)88(67-25-13-7-14-26-67)68-27-15-8-16-28-68)57-78-82(76)91-83-77(85)56-65(41-38-62-45-51-74(52-46-62)89(69-29-17-9-18-30-69)70-31-19-10-20-32-70)58-79(83)87(5,6)81-60-66(59-80(84(81)91)86(78,3)4)42-39-63-47-53-75(54-48-63)90(71-33-21-11-22-34-71)72-35-23-12-24-36-72/h7-60H,1-6H3/b40-37+,41-38+,42-39+. The number of benzene rings is 12. The second kappa shape index (κ2) is 22.9. The fraction of sp³-hybridized carbons (Fsp3) is 0.103. The van der Waals surface area contributed by atoms with Crippen molar-refractivity contribution in [1.29, 1.82) is 0 Å². The summed E-state index contributed by atoms with van der Waals surface area (Å²) in [6.07, 6.45) is 13.8. The van der Waals surface area contributed by atoms with E-state index in [9.17, 15) is 0 Å². The van der Waals surface area contributed by atoms with Crippen molar-refractivity contribution in [2.45, 2.75) is 57.8 Å². The molecule has 15 rings (SSSR count). The molecule has 0 saturated carbocycles. The summed E-state index contributed by atoms with van der Waals surface area (Å²) >= 11 is 0. The third kappa shape index (κ3) is 10.2. The largest absolute Gasteiger partial charge is 0.311 e.